The van der Waals surface area contributed by atoms with Crippen LogP contribution in [0.5, 0.6) is 0 Å². The molecule has 0 bridgehead atoms. The molecule has 0 spiro atoms. The smallest absolute Gasteiger partial charge is 0.325 e. The maximum Gasteiger partial charge on any atom is 0.417 e. The molecule has 0 saturated heterocycles. The van der Waals surface area contributed by atoms with Gasteiger partial charge in [-0.1, -0.05) is 49.0 Å². The average Bonchev–Trinajstić information content (AvgIpc) is 3.32. The summed E-state index contributed by atoms with van der Waals surface area (Å²) in [5.41, 5.74) is -0.954. The van der Waals surface area contributed by atoms with Crippen LogP contribution in [0.1, 0.15) is 50.4 Å². The van der Waals surface area contributed by atoms with Gasteiger partial charge in [-0.3, -0.25) is 9.89 Å². The van der Waals surface area contributed by atoms with E-state index in [1.165, 1.54) is 31.7 Å². The lowest BCUT2D eigenvalue weighted by atomic mass is 10.0. The normalized spacial score (nSPS) is 16.2. The van der Waals surface area contributed by atoms with E-state index in [4.69, 9.17) is 11.6 Å². The minimum absolute atomic E-state index is 0.0337. The highest BCUT2D eigenvalue weighted by molar-refractivity contribution is 8.00. The minimum Gasteiger partial charge on any atom is -0.325 e. The van der Waals surface area contributed by atoms with Crippen molar-refractivity contribution in [1.29, 1.82) is 0 Å². The van der Waals surface area contributed by atoms with Gasteiger partial charge in [0.15, 0.2) is 0 Å². The van der Waals surface area contributed by atoms with Crippen molar-refractivity contribution in [2.24, 2.45) is 5.92 Å². The summed E-state index contributed by atoms with van der Waals surface area (Å²) < 4.78 is 38.9. The molecule has 1 amide bonds. The second-order valence-corrected chi connectivity index (χ2v) is 8.91. The molecule has 5 nitrogen and oxygen atoms in total. The van der Waals surface area contributed by atoms with Gasteiger partial charge in [0.1, 0.15) is 5.82 Å². The molecule has 1 unspecified atom stereocenters. The first-order chi connectivity index (χ1) is 13.7. The summed E-state index contributed by atoms with van der Waals surface area (Å²) in [6.07, 6.45) is 2.45. The number of amides is 1. The van der Waals surface area contributed by atoms with Gasteiger partial charge in [0.05, 0.1) is 15.8 Å². The SMILES string of the molecule is CC(Sc1n[nH]c(CCC2CCCC2)n1)C(=O)Nc1ccc(Cl)c(C(F)(F)F)c1. The number of alkyl halides is 3. The number of halogens is 4. The second-order valence-electron chi connectivity index (χ2n) is 7.20. The minimum atomic E-state index is -4.59. The molecule has 2 aromatic rings. The first kappa shape index (κ1) is 22.0. The molecule has 1 saturated carbocycles. The Balaban J connectivity index is 1.54. The topological polar surface area (TPSA) is 70.7 Å². The molecule has 3 rings (SSSR count). The van der Waals surface area contributed by atoms with Crippen molar-refractivity contribution >= 4 is 35.0 Å². The highest BCUT2D eigenvalue weighted by Crippen LogP contribution is 2.36. The van der Waals surface area contributed by atoms with Gasteiger partial charge >= 0.3 is 6.18 Å². The summed E-state index contributed by atoms with van der Waals surface area (Å²) in [6, 6.07) is 3.27. The van der Waals surface area contributed by atoms with Crippen LogP contribution < -0.4 is 5.32 Å². The highest BCUT2D eigenvalue weighted by atomic mass is 35.5. The predicted octanol–water partition coefficient (Wildman–Crippen LogP) is 5.72. The molecule has 2 N–H and O–H groups in total. The van der Waals surface area contributed by atoms with Gasteiger partial charge in [0.2, 0.25) is 11.1 Å². The number of carbonyl (C=O) groups excluding carboxylic acids is 1. The fraction of sp³-hybridized carbons (Fsp3) is 0.526. The quantitative estimate of drug-likeness (QED) is 0.533. The number of rotatable bonds is 7. The van der Waals surface area contributed by atoms with Gasteiger partial charge < -0.3 is 5.32 Å². The Morgan fingerprint density at radius 1 is 1.38 bits per heavy atom. The third-order valence-corrected chi connectivity index (χ3v) is 6.26. The zero-order valence-corrected chi connectivity index (χ0v) is 17.4. The number of aryl methyl sites for hydroxylation is 1. The van der Waals surface area contributed by atoms with Crippen molar-refractivity contribution in [2.75, 3.05) is 5.32 Å². The number of aromatic nitrogens is 3. The molecule has 10 heteroatoms. The third-order valence-electron chi connectivity index (χ3n) is 4.97. The standard InChI is InChI=1S/C19H22ClF3N4OS/c1-11(17(28)24-13-7-8-15(20)14(10-13)19(21,22)23)29-18-25-16(26-27-18)9-6-12-4-2-3-5-12/h7-8,10-12H,2-6,9H2,1H3,(H,24,28)(H,25,26,27). The Labute approximate surface area is 176 Å². The molecular formula is C19H22ClF3N4OS. The van der Waals surface area contributed by atoms with Crippen LogP contribution in [0.4, 0.5) is 18.9 Å². The van der Waals surface area contributed by atoms with Crippen LogP contribution in [-0.4, -0.2) is 26.3 Å². The molecule has 1 aromatic heterocycles. The zero-order valence-electron chi connectivity index (χ0n) is 15.9. The van der Waals surface area contributed by atoms with E-state index in [1.807, 2.05) is 0 Å². The molecule has 1 aliphatic carbocycles. The van der Waals surface area contributed by atoms with Gasteiger partial charge in [-0.2, -0.15) is 13.2 Å². The average molecular weight is 447 g/mol. The number of H-pyrrole nitrogens is 1. The number of aromatic amines is 1. The predicted molar refractivity (Wildman–Crippen MR) is 107 cm³/mol. The highest BCUT2D eigenvalue weighted by Gasteiger charge is 2.33. The van der Waals surface area contributed by atoms with Crippen LogP contribution in [-0.2, 0) is 17.4 Å². The van der Waals surface area contributed by atoms with E-state index in [1.54, 1.807) is 6.92 Å². The first-order valence-electron chi connectivity index (χ1n) is 9.48. The molecule has 1 aliphatic rings. The number of hydrogen-bond donors (Lipinski definition) is 2. The Morgan fingerprint density at radius 2 is 2.10 bits per heavy atom. The summed E-state index contributed by atoms with van der Waals surface area (Å²) in [7, 11) is 0. The number of carbonyl (C=O) groups is 1. The van der Waals surface area contributed by atoms with Crippen molar-refractivity contribution in [3.05, 3.63) is 34.6 Å². The molecule has 1 heterocycles. The molecule has 1 fully saturated rings. The van der Waals surface area contributed by atoms with E-state index in [-0.39, 0.29) is 5.69 Å². The Kier molecular flexibility index (Phi) is 7.10. The van der Waals surface area contributed by atoms with E-state index >= 15 is 0 Å². The summed E-state index contributed by atoms with van der Waals surface area (Å²) in [5.74, 6) is 1.10. The second kappa shape index (κ2) is 9.38. The van der Waals surface area contributed by atoms with Crippen LogP contribution in [0.25, 0.3) is 0 Å². The van der Waals surface area contributed by atoms with E-state index < -0.39 is 27.9 Å². The lowest BCUT2D eigenvalue weighted by Crippen LogP contribution is -2.22. The van der Waals surface area contributed by atoms with E-state index in [0.29, 0.717) is 5.16 Å². The number of thioether (sulfide) groups is 1. The summed E-state index contributed by atoms with van der Waals surface area (Å²) in [4.78, 5) is 16.8. The van der Waals surface area contributed by atoms with Crippen LogP contribution in [0.2, 0.25) is 5.02 Å². The maximum absolute atomic E-state index is 13.0. The molecular weight excluding hydrogens is 425 g/mol. The van der Waals surface area contributed by atoms with Crippen molar-refractivity contribution in [2.45, 2.75) is 62.0 Å². The van der Waals surface area contributed by atoms with Crippen molar-refractivity contribution in [3.63, 3.8) is 0 Å². The number of nitrogens with zero attached hydrogens (tertiary/aromatic N) is 2. The fourth-order valence-electron chi connectivity index (χ4n) is 3.36. The molecule has 0 radical (unpaired) electrons. The Hall–Kier alpha value is -1.74. The van der Waals surface area contributed by atoms with E-state index in [0.717, 1.165) is 48.5 Å². The van der Waals surface area contributed by atoms with Gasteiger partial charge in [-0.15, -0.1) is 5.10 Å². The first-order valence-corrected chi connectivity index (χ1v) is 10.7. The number of anilines is 1. The monoisotopic (exact) mass is 446 g/mol. The molecule has 29 heavy (non-hydrogen) atoms. The molecule has 1 atom stereocenters. The third kappa shape index (κ3) is 6.12. The van der Waals surface area contributed by atoms with Crippen LogP contribution >= 0.6 is 23.4 Å². The summed E-state index contributed by atoms with van der Waals surface area (Å²) >= 11 is 6.75. The van der Waals surface area contributed by atoms with Crippen LogP contribution in [0, 0.1) is 5.92 Å². The van der Waals surface area contributed by atoms with Crippen LogP contribution in [0.3, 0.4) is 0 Å². The summed E-state index contributed by atoms with van der Waals surface area (Å²) in [5, 5.41) is 8.96. The van der Waals surface area contributed by atoms with Crippen molar-refractivity contribution < 1.29 is 18.0 Å². The van der Waals surface area contributed by atoms with Crippen LogP contribution in [0.15, 0.2) is 23.4 Å². The van der Waals surface area contributed by atoms with Crippen molar-refractivity contribution in [3.8, 4) is 0 Å². The van der Waals surface area contributed by atoms with E-state index in [9.17, 15) is 18.0 Å². The van der Waals surface area contributed by atoms with Gasteiger partial charge in [-0.25, -0.2) is 4.98 Å². The summed E-state index contributed by atoms with van der Waals surface area (Å²) in [6.45, 7) is 1.65. The largest absolute Gasteiger partial charge is 0.417 e. The fourth-order valence-corrected chi connectivity index (χ4v) is 4.33. The maximum atomic E-state index is 13.0. The van der Waals surface area contributed by atoms with Gasteiger partial charge in [-0.05, 0) is 37.5 Å². The Bertz CT molecular complexity index is 852. The Morgan fingerprint density at radius 3 is 2.79 bits per heavy atom. The lowest BCUT2D eigenvalue weighted by Gasteiger charge is -2.13. The van der Waals surface area contributed by atoms with Gasteiger partial charge in [0.25, 0.3) is 0 Å². The molecule has 1 aromatic carbocycles. The van der Waals surface area contributed by atoms with E-state index in [2.05, 4.69) is 20.5 Å². The zero-order chi connectivity index (χ0) is 21.0. The number of benzene rings is 1. The molecule has 0 aliphatic heterocycles. The number of hydrogen-bond acceptors (Lipinski definition) is 4. The number of nitrogens with one attached hydrogen (secondary N) is 2. The van der Waals surface area contributed by atoms with Crippen molar-refractivity contribution in [1.82, 2.24) is 15.2 Å². The van der Waals surface area contributed by atoms with Gasteiger partial charge in [0, 0.05) is 12.1 Å². The lowest BCUT2D eigenvalue weighted by molar-refractivity contribution is -0.137. The molecule has 158 valence electrons.